The second-order valence-electron chi connectivity index (χ2n) is 5.69. The Morgan fingerprint density at radius 1 is 0.792 bits per heavy atom. The number of carbonyl (C=O) groups is 2. The average molecular weight is 330 g/mol. The summed E-state index contributed by atoms with van der Waals surface area (Å²) in [6.07, 6.45) is -2.51. The molecular formula is C17H14O7. The molecule has 7 nitrogen and oxygen atoms in total. The zero-order valence-electron chi connectivity index (χ0n) is 12.5. The van der Waals surface area contributed by atoms with Crippen molar-refractivity contribution in [2.24, 2.45) is 0 Å². The highest BCUT2D eigenvalue weighted by Crippen LogP contribution is 2.40. The van der Waals surface area contributed by atoms with Crippen molar-refractivity contribution in [3.63, 3.8) is 0 Å². The van der Waals surface area contributed by atoms with Gasteiger partial charge in [0, 0.05) is 17.2 Å². The van der Waals surface area contributed by atoms with E-state index in [1.165, 1.54) is 13.0 Å². The third-order valence-corrected chi connectivity index (χ3v) is 3.98. The van der Waals surface area contributed by atoms with Crippen LogP contribution >= 0.6 is 0 Å². The molecule has 3 rings (SSSR count). The SMILES string of the molecule is C[C@@H](O)[C@H](O)c1cc(O)c2c(c1)C(=O)c1cc(O)cc(O)c1C2=O. The molecule has 0 saturated heterocycles. The van der Waals surface area contributed by atoms with Crippen molar-refractivity contribution in [3.8, 4) is 17.2 Å². The number of hydrogen-bond acceptors (Lipinski definition) is 7. The van der Waals surface area contributed by atoms with E-state index in [-0.39, 0.29) is 33.6 Å². The van der Waals surface area contributed by atoms with Gasteiger partial charge in [-0.3, -0.25) is 9.59 Å². The Bertz CT molecular complexity index is 883. The minimum Gasteiger partial charge on any atom is -0.508 e. The molecule has 0 amide bonds. The van der Waals surface area contributed by atoms with E-state index in [9.17, 15) is 35.1 Å². The number of ketones is 2. The molecule has 2 atom stereocenters. The first-order valence-electron chi connectivity index (χ1n) is 7.10. The molecule has 7 heteroatoms. The first-order chi connectivity index (χ1) is 11.2. The van der Waals surface area contributed by atoms with E-state index in [1.807, 2.05) is 0 Å². The molecule has 124 valence electrons. The summed E-state index contributed by atoms with van der Waals surface area (Å²) in [4.78, 5) is 25.2. The molecule has 0 aliphatic heterocycles. The summed E-state index contributed by atoms with van der Waals surface area (Å²) in [5, 5.41) is 48.9. The summed E-state index contributed by atoms with van der Waals surface area (Å²) in [7, 11) is 0. The molecule has 2 aromatic rings. The lowest BCUT2D eigenvalue weighted by atomic mass is 9.81. The van der Waals surface area contributed by atoms with Crippen LogP contribution in [0.1, 0.15) is 50.4 Å². The number of phenolic OH excluding ortho intramolecular Hbond substituents is 3. The molecule has 5 N–H and O–H groups in total. The Labute approximate surface area is 136 Å². The minimum atomic E-state index is -1.36. The maximum absolute atomic E-state index is 12.6. The molecule has 0 saturated carbocycles. The molecule has 1 aliphatic rings. The van der Waals surface area contributed by atoms with Crippen molar-refractivity contribution < 1.29 is 35.1 Å². The van der Waals surface area contributed by atoms with Crippen LogP contribution in [-0.2, 0) is 0 Å². The highest BCUT2D eigenvalue weighted by atomic mass is 16.3. The quantitative estimate of drug-likeness (QED) is 0.473. The van der Waals surface area contributed by atoms with Gasteiger partial charge in [0.2, 0.25) is 5.78 Å². The molecule has 2 aromatic carbocycles. The summed E-state index contributed by atoms with van der Waals surface area (Å²) in [6.45, 7) is 1.33. The molecule has 0 spiro atoms. The molecule has 24 heavy (non-hydrogen) atoms. The Kier molecular flexibility index (Phi) is 3.55. The number of aromatic hydroxyl groups is 3. The van der Waals surface area contributed by atoms with E-state index in [2.05, 4.69) is 0 Å². The van der Waals surface area contributed by atoms with E-state index in [0.717, 1.165) is 18.2 Å². The normalized spacial score (nSPS) is 15.6. The highest BCUT2D eigenvalue weighted by Gasteiger charge is 2.35. The first-order valence-corrected chi connectivity index (χ1v) is 7.10. The summed E-state index contributed by atoms with van der Waals surface area (Å²) in [5.41, 5.74) is -0.907. The van der Waals surface area contributed by atoms with Gasteiger partial charge >= 0.3 is 0 Å². The van der Waals surface area contributed by atoms with Crippen molar-refractivity contribution in [2.45, 2.75) is 19.1 Å². The number of benzene rings is 2. The summed E-state index contributed by atoms with van der Waals surface area (Å²) < 4.78 is 0. The van der Waals surface area contributed by atoms with Crippen LogP contribution in [0.2, 0.25) is 0 Å². The molecular weight excluding hydrogens is 316 g/mol. The number of aliphatic hydroxyl groups excluding tert-OH is 2. The first kappa shape index (κ1) is 16.0. The van der Waals surface area contributed by atoms with Crippen molar-refractivity contribution >= 4 is 11.6 Å². The van der Waals surface area contributed by atoms with Gasteiger partial charge in [0.15, 0.2) is 5.78 Å². The number of carbonyl (C=O) groups excluding carboxylic acids is 2. The fourth-order valence-electron chi connectivity index (χ4n) is 2.82. The van der Waals surface area contributed by atoms with E-state index >= 15 is 0 Å². The lowest BCUT2D eigenvalue weighted by molar-refractivity contribution is 0.0303. The van der Waals surface area contributed by atoms with Crippen LogP contribution < -0.4 is 0 Å². The van der Waals surface area contributed by atoms with Gasteiger partial charge < -0.3 is 25.5 Å². The van der Waals surface area contributed by atoms with Crippen molar-refractivity contribution in [1.29, 1.82) is 0 Å². The summed E-state index contributed by atoms with van der Waals surface area (Å²) in [5.74, 6) is -2.96. The standard InChI is InChI=1S/C17H14O7/c1-6(18)15(22)7-2-9-13(11(20)3-7)17(24)14-10(16(9)23)4-8(19)5-12(14)21/h2-6,15,18-22H,1H3/t6-,15+/m1/s1. The Hall–Kier alpha value is -2.90. The van der Waals surface area contributed by atoms with Crippen molar-refractivity contribution in [1.82, 2.24) is 0 Å². The third-order valence-electron chi connectivity index (χ3n) is 3.98. The number of rotatable bonds is 2. The Balaban J connectivity index is 2.27. The lowest BCUT2D eigenvalue weighted by Crippen LogP contribution is -2.22. The lowest BCUT2D eigenvalue weighted by Gasteiger charge is -2.22. The maximum atomic E-state index is 12.6. The van der Waals surface area contributed by atoms with Crippen LogP contribution in [0, 0.1) is 0 Å². The van der Waals surface area contributed by atoms with Gasteiger partial charge in [-0.25, -0.2) is 0 Å². The van der Waals surface area contributed by atoms with Gasteiger partial charge in [0.25, 0.3) is 0 Å². The molecule has 0 unspecified atom stereocenters. The van der Waals surface area contributed by atoms with Crippen LogP contribution in [-0.4, -0.2) is 43.2 Å². The Morgan fingerprint density at radius 3 is 1.92 bits per heavy atom. The smallest absolute Gasteiger partial charge is 0.201 e. The Morgan fingerprint density at radius 2 is 1.33 bits per heavy atom. The van der Waals surface area contributed by atoms with E-state index in [4.69, 9.17) is 0 Å². The van der Waals surface area contributed by atoms with E-state index in [1.54, 1.807) is 0 Å². The number of aliphatic hydroxyl groups is 2. The highest BCUT2D eigenvalue weighted by molar-refractivity contribution is 6.30. The van der Waals surface area contributed by atoms with Crippen molar-refractivity contribution in [3.05, 3.63) is 52.1 Å². The van der Waals surface area contributed by atoms with Gasteiger partial charge in [0.05, 0.1) is 17.2 Å². The van der Waals surface area contributed by atoms with Crippen molar-refractivity contribution in [2.75, 3.05) is 0 Å². The third kappa shape index (κ3) is 2.22. The number of hydrogen-bond donors (Lipinski definition) is 5. The second-order valence-corrected chi connectivity index (χ2v) is 5.69. The average Bonchev–Trinajstić information content (AvgIpc) is 2.50. The number of phenols is 3. The zero-order chi connectivity index (χ0) is 17.8. The molecule has 0 radical (unpaired) electrons. The molecule has 0 aromatic heterocycles. The number of fused-ring (bicyclic) bond motifs is 2. The van der Waals surface area contributed by atoms with E-state index < -0.39 is 35.3 Å². The molecule has 0 heterocycles. The fourth-order valence-corrected chi connectivity index (χ4v) is 2.82. The molecule has 0 fully saturated rings. The zero-order valence-corrected chi connectivity index (χ0v) is 12.5. The van der Waals surface area contributed by atoms with Crippen LogP contribution in [0.5, 0.6) is 17.2 Å². The minimum absolute atomic E-state index is 0.0650. The summed E-state index contributed by atoms with van der Waals surface area (Å²) in [6, 6.07) is 4.27. The van der Waals surface area contributed by atoms with Gasteiger partial charge in [-0.1, -0.05) is 0 Å². The molecule has 0 bridgehead atoms. The predicted molar refractivity (Wildman–Crippen MR) is 81.4 cm³/mol. The topological polar surface area (TPSA) is 135 Å². The van der Waals surface area contributed by atoms with E-state index in [0.29, 0.717) is 0 Å². The van der Waals surface area contributed by atoms with Crippen LogP contribution in [0.25, 0.3) is 0 Å². The van der Waals surface area contributed by atoms with Gasteiger partial charge in [-0.2, -0.15) is 0 Å². The van der Waals surface area contributed by atoms with Crippen LogP contribution in [0.4, 0.5) is 0 Å². The van der Waals surface area contributed by atoms with Crippen LogP contribution in [0.15, 0.2) is 24.3 Å². The predicted octanol–water partition coefficient (Wildman–Crippen LogP) is 0.993. The monoisotopic (exact) mass is 330 g/mol. The van der Waals surface area contributed by atoms with Gasteiger partial charge in [-0.15, -0.1) is 0 Å². The fraction of sp³-hybridized carbons (Fsp3) is 0.176. The largest absolute Gasteiger partial charge is 0.508 e. The van der Waals surface area contributed by atoms with Crippen LogP contribution in [0.3, 0.4) is 0 Å². The molecule has 1 aliphatic carbocycles. The maximum Gasteiger partial charge on any atom is 0.201 e. The second kappa shape index (κ2) is 5.33. The van der Waals surface area contributed by atoms with Gasteiger partial charge in [0.1, 0.15) is 23.4 Å². The van der Waals surface area contributed by atoms with Gasteiger partial charge in [-0.05, 0) is 30.7 Å². The summed E-state index contributed by atoms with van der Waals surface area (Å²) >= 11 is 0.